The predicted octanol–water partition coefficient (Wildman–Crippen LogP) is 0.780. The number of nitrogens with zero attached hydrogens (tertiary/aromatic N) is 2. The Morgan fingerprint density at radius 2 is 2.38 bits per heavy atom. The normalized spacial score (nSPS) is 15.9. The van der Waals surface area contributed by atoms with Crippen LogP contribution in [0.2, 0.25) is 5.15 Å². The van der Waals surface area contributed by atoms with Crippen molar-refractivity contribution in [2.75, 3.05) is 6.54 Å². The number of nitrogens with two attached hydrogens (primary N) is 1. The first-order valence-electron chi connectivity index (χ1n) is 4.59. The van der Waals surface area contributed by atoms with Crippen molar-refractivity contribution in [2.24, 2.45) is 10.7 Å². The molecule has 6 heteroatoms. The second-order valence-electron chi connectivity index (χ2n) is 3.22. The van der Waals surface area contributed by atoms with Crippen LogP contribution < -0.4 is 11.1 Å². The molecule has 0 aromatic carbocycles. The molecule has 0 unspecified atom stereocenters. The molecule has 0 atom stereocenters. The molecule has 1 amide bonds. The van der Waals surface area contributed by atoms with Crippen LogP contribution in [0.15, 0.2) is 34.6 Å². The highest BCUT2D eigenvalue weighted by Gasteiger charge is 2.17. The fourth-order valence-electron chi connectivity index (χ4n) is 1.22. The van der Waals surface area contributed by atoms with Crippen LogP contribution in [0.5, 0.6) is 0 Å². The van der Waals surface area contributed by atoms with E-state index in [9.17, 15) is 4.79 Å². The molecule has 1 aliphatic heterocycles. The Morgan fingerprint density at radius 1 is 1.56 bits per heavy atom. The van der Waals surface area contributed by atoms with Crippen molar-refractivity contribution in [3.8, 4) is 0 Å². The van der Waals surface area contributed by atoms with Gasteiger partial charge in [-0.15, -0.1) is 0 Å². The fourth-order valence-corrected chi connectivity index (χ4v) is 1.34. The van der Waals surface area contributed by atoms with E-state index in [4.69, 9.17) is 17.3 Å². The molecular formula is C10H9ClN4O. The van der Waals surface area contributed by atoms with Crippen molar-refractivity contribution in [1.82, 2.24) is 10.3 Å². The van der Waals surface area contributed by atoms with E-state index in [-0.39, 0.29) is 11.6 Å². The summed E-state index contributed by atoms with van der Waals surface area (Å²) in [6.07, 6.45) is 3.10. The van der Waals surface area contributed by atoms with Crippen molar-refractivity contribution >= 4 is 29.4 Å². The Bertz CT molecular complexity index is 478. The molecule has 1 aromatic heterocycles. The molecule has 0 fully saturated rings. The minimum absolute atomic E-state index is 0.214. The van der Waals surface area contributed by atoms with Gasteiger partial charge in [0.05, 0.1) is 11.9 Å². The molecule has 2 heterocycles. The maximum Gasteiger partial charge on any atom is 0.267 e. The van der Waals surface area contributed by atoms with E-state index >= 15 is 0 Å². The van der Waals surface area contributed by atoms with Gasteiger partial charge in [-0.1, -0.05) is 11.6 Å². The molecule has 1 aromatic rings. The Labute approximate surface area is 97.0 Å². The van der Waals surface area contributed by atoms with Crippen molar-refractivity contribution < 1.29 is 4.79 Å². The minimum atomic E-state index is -0.254. The number of nitrogens with one attached hydrogen (secondary N) is 1. The molecule has 82 valence electrons. The summed E-state index contributed by atoms with van der Waals surface area (Å²) in [6, 6.07) is 3.37. The van der Waals surface area contributed by atoms with E-state index in [0.29, 0.717) is 23.0 Å². The van der Waals surface area contributed by atoms with Crippen LogP contribution in [0.1, 0.15) is 0 Å². The first-order chi connectivity index (χ1) is 7.66. The van der Waals surface area contributed by atoms with Gasteiger partial charge in [0.15, 0.2) is 0 Å². The number of pyridine rings is 1. The highest BCUT2D eigenvalue weighted by atomic mass is 35.5. The standard InChI is InChI=1S/C10H9ClN4O/c11-8-2-1-7(5-14-8)13-3-6-4-15-10(16)9(6)12/h1-3,5H,4,12H2,(H,15,16). The third-order valence-electron chi connectivity index (χ3n) is 2.11. The number of hydrogen-bond acceptors (Lipinski definition) is 4. The zero-order chi connectivity index (χ0) is 11.5. The Kier molecular flexibility index (Phi) is 2.87. The number of aromatic nitrogens is 1. The van der Waals surface area contributed by atoms with Gasteiger partial charge < -0.3 is 11.1 Å². The summed E-state index contributed by atoms with van der Waals surface area (Å²) in [5.74, 6) is -0.254. The van der Waals surface area contributed by atoms with Gasteiger partial charge >= 0.3 is 0 Å². The van der Waals surface area contributed by atoms with Gasteiger partial charge in [-0.2, -0.15) is 0 Å². The molecule has 1 aliphatic rings. The SMILES string of the molecule is NC1=C(C=Nc2ccc(Cl)nc2)CNC1=O. The lowest BCUT2D eigenvalue weighted by Crippen LogP contribution is -2.20. The number of carbonyl (C=O) groups is 1. The van der Waals surface area contributed by atoms with E-state index in [1.165, 1.54) is 0 Å². The summed E-state index contributed by atoms with van der Waals surface area (Å²) >= 11 is 5.63. The molecule has 0 saturated heterocycles. The van der Waals surface area contributed by atoms with Gasteiger partial charge in [-0.3, -0.25) is 9.79 Å². The highest BCUT2D eigenvalue weighted by molar-refractivity contribution is 6.29. The molecule has 0 radical (unpaired) electrons. The molecular weight excluding hydrogens is 228 g/mol. The van der Waals surface area contributed by atoms with Crippen molar-refractivity contribution in [3.05, 3.63) is 34.8 Å². The largest absolute Gasteiger partial charge is 0.394 e. The summed E-state index contributed by atoms with van der Waals surface area (Å²) < 4.78 is 0. The Hall–Kier alpha value is -1.88. The average molecular weight is 237 g/mol. The molecule has 3 N–H and O–H groups in total. The highest BCUT2D eigenvalue weighted by Crippen LogP contribution is 2.13. The summed E-state index contributed by atoms with van der Waals surface area (Å²) in [6.45, 7) is 0.412. The van der Waals surface area contributed by atoms with E-state index in [1.54, 1.807) is 24.5 Å². The molecule has 0 spiro atoms. The molecule has 5 nitrogen and oxygen atoms in total. The number of hydrogen-bond donors (Lipinski definition) is 2. The van der Waals surface area contributed by atoms with Crippen LogP contribution in [0.3, 0.4) is 0 Å². The summed E-state index contributed by atoms with van der Waals surface area (Å²) in [5, 5.41) is 3.01. The van der Waals surface area contributed by atoms with Crippen molar-refractivity contribution in [1.29, 1.82) is 0 Å². The van der Waals surface area contributed by atoms with Gasteiger partial charge in [-0.05, 0) is 12.1 Å². The van der Waals surface area contributed by atoms with Crippen molar-refractivity contribution in [3.63, 3.8) is 0 Å². The van der Waals surface area contributed by atoms with Crippen molar-refractivity contribution in [2.45, 2.75) is 0 Å². The number of amides is 1. The average Bonchev–Trinajstić information content (AvgIpc) is 2.60. The van der Waals surface area contributed by atoms with Crippen LogP contribution in [0, 0.1) is 0 Å². The van der Waals surface area contributed by atoms with E-state index in [2.05, 4.69) is 15.3 Å². The second-order valence-corrected chi connectivity index (χ2v) is 3.61. The zero-order valence-electron chi connectivity index (χ0n) is 8.27. The van der Waals surface area contributed by atoms with Crippen LogP contribution in [-0.4, -0.2) is 23.7 Å². The molecule has 0 bridgehead atoms. The maximum atomic E-state index is 11.1. The van der Waals surface area contributed by atoms with Crippen LogP contribution >= 0.6 is 11.6 Å². The summed E-state index contributed by atoms with van der Waals surface area (Å²) in [5.41, 5.74) is 7.10. The van der Waals surface area contributed by atoms with Gasteiger partial charge in [0.1, 0.15) is 10.9 Å². The third kappa shape index (κ3) is 2.20. The zero-order valence-corrected chi connectivity index (χ0v) is 9.03. The van der Waals surface area contributed by atoms with Gasteiger partial charge in [0.2, 0.25) is 0 Å². The van der Waals surface area contributed by atoms with Crippen LogP contribution in [0.4, 0.5) is 5.69 Å². The van der Waals surface area contributed by atoms with Crippen LogP contribution in [-0.2, 0) is 4.79 Å². The van der Waals surface area contributed by atoms with Crippen LogP contribution in [0.25, 0.3) is 0 Å². The number of halogens is 1. The van der Waals surface area contributed by atoms with Gasteiger partial charge in [0.25, 0.3) is 5.91 Å². The molecule has 0 aliphatic carbocycles. The molecule has 2 rings (SSSR count). The fraction of sp³-hybridized carbons (Fsp3) is 0.100. The lowest BCUT2D eigenvalue weighted by Gasteiger charge is -1.94. The smallest absolute Gasteiger partial charge is 0.267 e. The Morgan fingerprint density at radius 3 is 2.94 bits per heavy atom. The third-order valence-corrected chi connectivity index (χ3v) is 2.33. The number of rotatable bonds is 2. The topological polar surface area (TPSA) is 80.4 Å². The first kappa shape index (κ1) is 10.6. The maximum absolute atomic E-state index is 11.1. The number of carbonyl (C=O) groups excluding carboxylic acids is 1. The molecule has 0 saturated carbocycles. The minimum Gasteiger partial charge on any atom is -0.394 e. The predicted molar refractivity (Wildman–Crippen MR) is 61.6 cm³/mol. The summed E-state index contributed by atoms with van der Waals surface area (Å²) in [4.78, 5) is 19.1. The van der Waals surface area contributed by atoms with E-state index in [0.717, 1.165) is 0 Å². The second kappa shape index (κ2) is 4.32. The van der Waals surface area contributed by atoms with E-state index < -0.39 is 0 Å². The van der Waals surface area contributed by atoms with Gasteiger partial charge in [0, 0.05) is 18.3 Å². The summed E-state index contributed by atoms with van der Waals surface area (Å²) in [7, 11) is 0. The monoisotopic (exact) mass is 236 g/mol. The molecule has 16 heavy (non-hydrogen) atoms. The number of aliphatic imine (C=N–C) groups is 1. The lowest BCUT2D eigenvalue weighted by atomic mass is 10.2. The van der Waals surface area contributed by atoms with Gasteiger partial charge in [-0.25, -0.2) is 4.98 Å². The Balaban J connectivity index is 2.16. The quantitative estimate of drug-likeness (QED) is 0.588. The first-order valence-corrected chi connectivity index (χ1v) is 4.97. The lowest BCUT2D eigenvalue weighted by molar-refractivity contribution is -0.116. The van der Waals surface area contributed by atoms with E-state index in [1.807, 2.05) is 0 Å².